The predicted octanol–water partition coefficient (Wildman–Crippen LogP) is 2.53. The first-order chi connectivity index (χ1) is 15.6. The molecule has 1 aliphatic carbocycles. The van der Waals surface area contributed by atoms with Crippen LogP contribution in [0.25, 0.3) is 16.9 Å². The Kier molecular flexibility index (Phi) is 5.27. The summed E-state index contributed by atoms with van der Waals surface area (Å²) in [5.41, 5.74) is 4.36. The van der Waals surface area contributed by atoms with E-state index >= 15 is 0 Å². The van der Waals surface area contributed by atoms with Crippen molar-refractivity contribution in [3.8, 4) is 17.0 Å². The fraction of sp³-hybridized carbons (Fsp3) is 0.208. The molecule has 7 nitrogen and oxygen atoms in total. The first kappa shape index (κ1) is 20.1. The quantitative estimate of drug-likeness (QED) is 0.398. The number of rotatable bonds is 7. The van der Waals surface area contributed by atoms with E-state index in [1.165, 1.54) is 0 Å². The number of amides is 1. The first-order valence-electron chi connectivity index (χ1n) is 10.6. The van der Waals surface area contributed by atoms with Crippen LogP contribution >= 0.6 is 0 Å². The van der Waals surface area contributed by atoms with Crippen molar-refractivity contribution in [3.63, 3.8) is 0 Å². The van der Waals surface area contributed by atoms with Gasteiger partial charge in [0.15, 0.2) is 5.65 Å². The highest BCUT2D eigenvalue weighted by atomic mass is 16.3. The summed E-state index contributed by atoms with van der Waals surface area (Å²) in [4.78, 5) is 16.4. The van der Waals surface area contributed by atoms with Crippen molar-refractivity contribution >= 4 is 30.7 Å². The number of phenolic OH excluding ortho intramolecular Hbond substituents is 1. The summed E-state index contributed by atoms with van der Waals surface area (Å²) in [6, 6.07) is 17.0. The van der Waals surface area contributed by atoms with Gasteiger partial charge in [-0.15, -0.1) is 0 Å². The average Bonchev–Trinajstić information content (AvgIpc) is 3.60. The summed E-state index contributed by atoms with van der Waals surface area (Å²) in [7, 11) is 6.06. The van der Waals surface area contributed by atoms with Crippen LogP contribution in [0.15, 0.2) is 60.8 Å². The number of hydrogen-bond donors (Lipinski definition) is 3. The van der Waals surface area contributed by atoms with Crippen LogP contribution < -0.4 is 16.1 Å². The molecule has 0 spiro atoms. The highest BCUT2D eigenvalue weighted by Gasteiger charge is 2.29. The number of carbonyl (C=O) groups excluding carboxylic acids is 1. The molecule has 1 saturated carbocycles. The average molecular weight is 423 g/mol. The van der Waals surface area contributed by atoms with E-state index in [0.717, 1.165) is 24.0 Å². The lowest BCUT2D eigenvalue weighted by Gasteiger charge is -2.12. The van der Waals surface area contributed by atoms with Crippen molar-refractivity contribution in [2.45, 2.75) is 25.9 Å². The second-order valence-corrected chi connectivity index (χ2v) is 8.04. The predicted molar refractivity (Wildman–Crippen MR) is 124 cm³/mol. The number of hydrogen-bond acceptors (Lipinski definition) is 5. The number of nitrogens with zero attached hydrogens (tertiary/aromatic N) is 3. The van der Waals surface area contributed by atoms with Gasteiger partial charge in [0.05, 0.1) is 5.69 Å². The largest absolute Gasteiger partial charge is 0.507 e. The number of fused-ring (bicyclic) bond motifs is 1. The number of aromatic hydroxyl groups is 1. The molecule has 4 aromatic rings. The minimum Gasteiger partial charge on any atom is -0.507 e. The smallest absolute Gasteiger partial charge is 0.223 e. The van der Waals surface area contributed by atoms with E-state index < -0.39 is 0 Å². The Morgan fingerprint density at radius 1 is 1.09 bits per heavy atom. The van der Waals surface area contributed by atoms with E-state index in [-0.39, 0.29) is 17.6 Å². The second-order valence-electron chi connectivity index (χ2n) is 8.04. The van der Waals surface area contributed by atoms with Gasteiger partial charge in [-0.1, -0.05) is 36.4 Å². The maximum atomic E-state index is 11.8. The Labute approximate surface area is 186 Å². The molecular formula is C24H22BN5O2. The topological polar surface area (TPSA) is 91.5 Å². The second kappa shape index (κ2) is 8.38. The third-order valence-electron chi connectivity index (χ3n) is 5.59. The zero-order valence-corrected chi connectivity index (χ0v) is 17.5. The van der Waals surface area contributed by atoms with Crippen molar-refractivity contribution in [1.82, 2.24) is 19.9 Å². The lowest BCUT2D eigenvalue weighted by Crippen LogP contribution is -2.24. The highest BCUT2D eigenvalue weighted by Crippen LogP contribution is 2.30. The summed E-state index contributed by atoms with van der Waals surface area (Å²) < 4.78 is 1.65. The monoisotopic (exact) mass is 423 g/mol. The molecule has 2 aromatic carbocycles. The van der Waals surface area contributed by atoms with Gasteiger partial charge >= 0.3 is 0 Å². The molecular weight excluding hydrogens is 401 g/mol. The Morgan fingerprint density at radius 2 is 1.81 bits per heavy atom. The Morgan fingerprint density at radius 3 is 2.53 bits per heavy atom. The number of phenols is 1. The van der Waals surface area contributed by atoms with Gasteiger partial charge in [0.2, 0.25) is 5.91 Å². The number of para-hydroxylation sites is 1. The number of carbonyl (C=O) groups is 1. The van der Waals surface area contributed by atoms with Gasteiger partial charge in [-0.3, -0.25) is 4.79 Å². The fourth-order valence-electron chi connectivity index (χ4n) is 3.58. The lowest BCUT2D eigenvalue weighted by molar-refractivity contribution is -0.122. The zero-order chi connectivity index (χ0) is 22.1. The van der Waals surface area contributed by atoms with Crippen LogP contribution in [0.3, 0.4) is 0 Å². The van der Waals surface area contributed by atoms with Gasteiger partial charge in [-0.2, -0.15) is 9.61 Å². The molecule has 5 rings (SSSR count). The normalized spacial score (nSPS) is 13.2. The van der Waals surface area contributed by atoms with E-state index in [0.29, 0.717) is 41.3 Å². The number of aromatic nitrogens is 3. The summed E-state index contributed by atoms with van der Waals surface area (Å²) in [6.07, 6.45) is 3.57. The van der Waals surface area contributed by atoms with Gasteiger partial charge < -0.3 is 15.7 Å². The van der Waals surface area contributed by atoms with Crippen molar-refractivity contribution in [1.29, 1.82) is 0 Å². The molecule has 1 fully saturated rings. The third-order valence-corrected chi connectivity index (χ3v) is 5.59. The molecule has 0 unspecified atom stereocenters. The van der Waals surface area contributed by atoms with Gasteiger partial charge in [-0.05, 0) is 41.6 Å². The van der Waals surface area contributed by atoms with Gasteiger partial charge in [0.25, 0.3) is 0 Å². The van der Waals surface area contributed by atoms with Crippen molar-refractivity contribution in [2.75, 3.05) is 5.32 Å². The standard InChI is InChI=1S/C24H22BN5O2/c25-19-14-28-30-22(11-20(29-23(19)30)18-3-1-2-4-21(18)31)26-12-15-5-7-16(8-6-15)13-27-24(32)17-9-10-17/h1-8,11,14,17,26,31H,9-10,12-13H2,(H,27,32). The van der Waals surface area contributed by atoms with Crippen LogP contribution in [-0.4, -0.2) is 33.5 Å². The van der Waals surface area contributed by atoms with Gasteiger partial charge in [0, 0.05) is 36.8 Å². The molecule has 0 bridgehead atoms. The summed E-state index contributed by atoms with van der Waals surface area (Å²) >= 11 is 0. The molecule has 2 aromatic heterocycles. The van der Waals surface area contributed by atoms with E-state index in [9.17, 15) is 9.90 Å². The van der Waals surface area contributed by atoms with Crippen LogP contribution in [0, 0.1) is 5.92 Å². The number of nitrogens with one attached hydrogen (secondary N) is 2. The first-order valence-corrected chi connectivity index (χ1v) is 10.6. The third kappa shape index (κ3) is 4.16. The van der Waals surface area contributed by atoms with E-state index in [4.69, 9.17) is 7.85 Å². The molecule has 8 heteroatoms. The van der Waals surface area contributed by atoms with Crippen LogP contribution in [0.2, 0.25) is 0 Å². The zero-order valence-electron chi connectivity index (χ0n) is 17.5. The van der Waals surface area contributed by atoms with E-state index in [2.05, 4.69) is 20.7 Å². The fourth-order valence-corrected chi connectivity index (χ4v) is 3.58. The molecule has 1 aliphatic rings. The molecule has 3 N–H and O–H groups in total. The van der Waals surface area contributed by atoms with Crippen LogP contribution in [0.1, 0.15) is 24.0 Å². The van der Waals surface area contributed by atoms with Gasteiger partial charge in [0.1, 0.15) is 19.4 Å². The number of anilines is 1. The highest BCUT2D eigenvalue weighted by molar-refractivity contribution is 6.36. The Balaban J connectivity index is 1.33. The molecule has 2 radical (unpaired) electrons. The summed E-state index contributed by atoms with van der Waals surface area (Å²) in [5, 5.41) is 21.0. The molecule has 0 aliphatic heterocycles. The number of benzene rings is 2. The summed E-state index contributed by atoms with van der Waals surface area (Å²) in [6.45, 7) is 1.11. The minimum absolute atomic E-state index is 0.149. The molecule has 0 saturated heterocycles. The maximum Gasteiger partial charge on any atom is 0.223 e. The van der Waals surface area contributed by atoms with Crippen LogP contribution in [0.4, 0.5) is 5.82 Å². The van der Waals surface area contributed by atoms with E-state index in [1.807, 2.05) is 42.5 Å². The van der Waals surface area contributed by atoms with Gasteiger partial charge in [-0.25, -0.2) is 4.98 Å². The van der Waals surface area contributed by atoms with Crippen molar-refractivity contribution < 1.29 is 9.90 Å². The molecule has 32 heavy (non-hydrogen) atoms. The lowest BCUT2D eigenvalue weighted by atomic mass is 10.0. The molecule has 158 valence electrons. The van der Waals surface area contributed by atoms with Crippen LogP contribution in [-0.2, 0) is 17.9 Å². The van der Waals surface area contributed by atoms with E-state index in [1.54, 1.807) is 22.8 Å². The van der Waals surface area contributed by atoms with Crippen molar-refractivity contribution in [2.24, 2.45) is 5.92 Å². The SMILES string of the molecule is [B]c1cnn2c(NCc3ccc(CNC(=O)C4CC4)cc3)cc(-c3ccccc3O)nc12. The van der Waals surface area contributed by atoms with Crippen LogP contribution in [0.5, 0.6) is 5.75 Å². The summed E-state index contributed by atoms with van der Waals surface area (Å²) in [5.74, 6) is 1.23. The molecule has 1 amide bonds. The Hall–Kier alpha value is -3.81. The molecule has 0 atom stereocenters. The Bertz CT molecular complexity index is 1280. The minimum atomic E-state index is 0.149. The van der Waals surface area contributed by atoms with Crippen molar-refractivity contribution in [3.05, 3.63) is 71.9 Å². The molecule has 2 heterocycles. The maximum absolute atomic E-state index is 11.8.